The van der Waals surface area contributed by atoms with Crippen LogP contribution in [0.1, 0.15) is 16.7 Å². The van der Waals surface area contributed by atoms with Crippen LogP contribution in [0.15, 0.2) is 96.7 Å². The van der Waals surface area contributed by atoms with Gasteiger partial charge in [0.1, 0.15) is 11.6 Å². The maximum atomic E-state index is 12.9. The highest BCUT2D eigenvalue weighted by Crippen LogP contribution is 2.26. The van der Waals surface area contributed by atoms with Crippen LogP contribution < -0.4 is 5.32 Å². The molecule has 0 atom stereocenters. The molecule has 0 saturated heterocycles. The van der Waals surface area contributed by atoms with Gasteiger partial charge in [0, 0.05) is 39.9 Å². The van der Waals surface area contributed by atoms with Gasteiger partial charge in [-0.15, -0.1) is 0 Å². The zero-order valence-corrected chi connectivity index (χ0v) is 19.9. The zero-order chi connectivity index (χ0) is 24.4. The van der Waals surface area contributed by atoms with E-state index in [4.69, 9.17) is 11.6 Å². The molecule has 0 aliphatic heterocycles. The van der Waals surface area contributed by atoms with Crippen LogP contribution in [0.25, 0.3) is 27.8 Å². The number of halogens is 1. The minimum atomic E-state index is -0.468. The largest absolute Gasteiger partial charge is 0.342 e. The predicted molar refractivity (Wildman–Crippen MR) is 143 cm³/mol. The summed E-state index contributed by atoms with van der Waals surface area (Å²) >= 11 is 6.08. The number of hydrogen-bond acceptors (Lipinski definition) is 2. The molecule has 1 aromatic heterocycles. The molecule has 35 heavy (non-hydrogen) atoms. The summed E-state index contributed by atoms with van der Waals surface area (Å²) in [5.74, 6) is -0.468. The van der Waals surface area contributed by atoms with E-state index < -0.39 is 5.91 Å². The van der Waals surface area contributed by atoms with Crippen LogP contribution in [-0.4, -0.2) is 10.5 Å². The fourth-order valence-corrected chi connectivity index (χ4v) is 4.45. The number of fused-ring (bicyclic) bond motifs is 2. The van der Waals surface area contributed by atoms with Crippen LogP contribution in [0.2, 0.25) is 5.02 Å². The molecule has 4 aromatic carbocycles. The molecule has 1 heterocycles. The van der Waals surface area contributed by atoms with Gasteiger partial charge in [0.05, 0.1) is 0 Å². The van der Waals surface area contributed by atoms with E-state index in [2.05, 4.69) is 52.4 Å². The number of carbonyl (C=O) groups is 1. The van der Waals surface area contributed by atoms with Crippen molar-refractivity contribution in [3.05, 3.63) is 118 Å². The third-order valence-corrected chi connectivity index (χ3v) is 6.33. The van der Waals surface area contributed by atoms with E-state index in [1.165, 1.54) is 16.3 Å². The summed E-state index contributed by atoms with van der Waals surface area (Å²) < 4.78 is 2.15. The Morgan fingerprint density at radius 3 is 2.60 bits per heavy atom. The molecule has 0 bridgehead atoms. The Morgan fingerprint density at radius 1 is 1.00 bits per heavy atom. The van der Waals surface area contributed by atoms with Crippen LogP contribution in [0, 0.1) is 18.3 Å². The van der Waals surface area contributed by atoms with Gasteiger partial charge < -0.3 is 9.88 Å². The predicted octanol–water partition coefficient (Wildman–Crippen LogP) is 7.35. The molecule has 5 rings (SSSR count). The van der Waals surface area contributed by atoms with Crippen molar-refractivity contribution < 1.29 is 4.79 Å². The third kappa shape index (κ3) is 4.68. The second kappa shape index (κ2) is 9.50. The lowest BCUT2D eigenvalue weighted by atomic mass is 10.1. The third-order valence-electron chi connectivity index (χ3n) is 6.10. The molecular formula is C30H22ClN3O. The van der Waals surface area contributed by atoms with Gasteiger partial charge in [-0.2, -0.15) is 5.26 Å². The van der Waals surface area contributed by atoms with E-state index in [-0.39, 0.29) is 5.57 Å². The maximum absolute atomic E-state index is 12.9. The lowest BCUT2D eigenvalue weighted by molar-refractivity contribution is -0.112. The number of nitrogens with one attached hydrogen (secondary N) is 1. The smallest absolute Gasteiger partial charge is 0.266 e. The van der Waals surface area contributed by atoms with Gasteiger partial charge in [0.2, 0.25) is 0 Å². The van der Waals surface area contributed by atoms with Crippen LogP contribution in [-0.2, 0) is 11.3 Å². The first-order valence-corrected chi connectivity index (χ1v) is 11.6. The van der Waals surface area contributed by atoms with E-state index in [1.54, 1.807) is 18.2 Å². The first-order valence-electron chi connectivity index (χ1n) is 11.3. The van der Waals surface area contributed by atoms with E-state index in [0.29, 0.717) is 17.3 Å². The first kappa shape index (κ1) is 22.5. The van der Waals surface area contributed by atoms with Crippen LogP contribution in [0.4, 0.5) is 5.69 Å². The highest BCUT2D eigenvalue weighted by Gasteiger charge is 2.14. The zero-order valence-electron chi connectivity index (χ0n) is 19.1. The van der Waals surface area contributed by atoms with Crippen LogP contribution in [0.3, 0.4) is 0 Å². The molecule has 4 nitrogen and oxygen atoms in total. The maximum Gasteiger partial charge on any atom is 0.266 e. The number of para-hydroxylation sites is 1. The number of nitriles is 1. The summed E-state index contributed by atoms with van der Waals surface area (Å²) in [5, 5.41) is 16.5. The quantitative estimate of drug-likeness (QED) is 0.213. The second-order valence-electron chi connectivity index (χ2n) is 8.49. The fourth-order valence-electron chi connectivity index (χ4n) is 4.28. The van der Waals surface area contributed by atoms with E-state index in [0.717, 1.165) is 22.0 Å². The Kier molecular flexibility index (Phi) is 6.10. The van der Waals surface area contributed by atoms with Crippen molar-refractivity contribution in [2.75, 3.05) is 5.32 Å². The van der Waals surface area contributed by atoms with Gasteiger partial charge >= 0.3 is 0 Å². The van der Waals surface area contributed by atoms with Gasteiger partial charge in [-0.05, 0) is 59.2 Å². The molecule has 0 fully saturated rings. The number of nitrogens with zero attached hydrogens (tertiary/aromatic N) is 2. The summed E-state index contributed by atoms with van der Waals surface area (Å²) in [4.78, 5) is 12.9. The number of aromatic nitrogens is 1. The minimum Gasteiger partial charge on any atom is -0.342 e. The van der Waals surface area contributed by atoms with Crippen LogP contribution in [0.5, 0.6) is 0 Å². The number of carbonyl (C=O) groups excluding carboxylic acids is 1. The van der Waals surface area contributed by atoms with Crippen molar-refractivity contribution in [3.8, 4) is 6.07 Å². The number of amides is 1. The Labute approximate surface area is 208 Å². The van der Waals surface area contributed by atoms with E-state index in [1.807, 2.05) is 49.5 Å². The molecule has 1 amide bonds. The molecule has 0 spiro atoms. The molecule has 5 aromatic rings. The van der Waals surface area contributed by atoms with Crippen molar-refractivity contribution in [1.82, 2.24) is 4.57 Å². The Bertz CT molecular complexity index is 1660. The van der Waals surface area contributed by atoms with Gasteiger partial charge in [-0.25, -0.2) is 0 Å². The fraction of sp³-hybridized carbons (Fsp3) is 0.0667. The summed E-state index contributed by atoms with van der Waals surface area (Å²) in [6, 6.07) is 30.1. The van der Waals surface area contributed by atoms with Crippen molar-refractivity contribution >= 4 is 50.9 Å². The standard InChI is InChI=1S/C30H22ClN3O/c1-20-10-13-26(31)16-28(20)33-30(35)24(17-32)15-25-19-34(29-9-5-4-8-27(25)29)18-21-11-12-22-6-2-3-7-23(22)14-21/h2-16,19H,18H2,1H3,(H,33,35)/b24-15+. The monoisotopic (exact) mass is 475 g/mol. The summed E-state index contributed by atoms with van der Waals surface area (Å²) in [7, 11) is 0. The first-order chi connectivity index (χ1) is 17.0. The minimum absolute atomic E-state index is 0.0259. The SMILES string of the molecule is Cc1ccc(Cl)cc1NC(=O)/C(C#N)=C/c1cn(Cc2ccc3ccccc3c2)c2ccccc12. The molecular weight excluding hydrogens is 454 g/mol. The number of anilines is 1. The Hall–Kier alpha value is -4.33. The molecule has 0 saturated carbocycles. The lowest BCUT2D eigenvalue weighted by Gasteiger charge is -2.08. The number of hydrogen-bond donors (Lipinski definition) is 1. The molecule has 1 N–H and O–H groups in total. The van der Waals surface area contributed by atoms with Gasteiger partial charge in [0.25, 0.3) is 5.91 Å². The number of rotatable bonds is 5. The van der Waals surface area contributed by atoms with Crippen molar-refractivity contribution in [2.24, 2.45) is 0 Å². The molecule has 0 aliphatic rings. The normalized spacial score (nSPS) is 11.5. The topological polar surface area (TPSA) is 57.8 Å². The van der Waals surface area contributed by atoms with E-state index >= 15 is 0 Å². The van der Waals surface area contributed by atoms with E-state index in [9.17, 15) is 10.1 Å². The number of aryl methyl sites for hydroxylation is 1. The number of benzene rings is 4. The molecule has 5 heteroatoms. The summed E-state index contributed by atoms with van der Waals surface area (Å²) in [6.45, 7) is 2.55. The van der Waals surface area contributed by atoms with Gasteiger partial charge in [0.15, 0.2) is 0 Å². The van der Waals surface area contributed by atoms with Gasteiger partial charge in [-0.3, -0.25) is 4.79 Å². The summed E-state index contributed by atoms with van der Waals surface area (Å²) in [6.07, 6.45) is 3.64. The van der Waals surface area contributed by atoms with Gasteiger partial charge in [-0.1, -0.05) is 72.3 Å². The molecule has 0 aliphatic carbocycles. The van der Waals surface area contributed by atoms with Crippen molar-refractivity contribution in [2.45, 2.75) is 13.5 Å². The van der Waals surface area contributed by atoms with Crippen molar-refractivity contribution in [1.29, 1.82) is 5.26 Å². The average molecular weight is 476 g/mol. The molecule has 170 valence electrons. The Morgan fingerprint density at radius 2 is 1.77 bits per heavy atom. The van der Waals surface area contributed by atoms with Crippen molar-refractivity contribution in [3.63, 3.8) is 0 Å². The van der Waals surface area contributed by atoms with Crippen LogP contribution >= 0.6 is 11.6 Å². The average Bonchev–Trinajstić information content (AvgIpc) is 3.21. The highest BCUT2D eigenvalue weighted by atomic mass is 35.5. The highest BCUT2D eigenvalue weighted by molar-refractivity contribution is 6.31. The Balaban J connectivity index is 1.49. The molecule has 0 radical (unpaired) electrons. The molecule has 0 unspecified atom stereocenters. The second-order valence-corrected chi connectivity index (χ2v) is 8.93. The lowest BCUT2D eigenvalue weighted by Crippen LogP contribution is -2.14. The summed E-state index contributed by atoms with van der Waals surface area (Å²) in [5.41, 5.74) is 4.51.